The molecule has 4 aromatic rings. The van der Waals surface area contributed by atoms with Crippen molar-refractivity contribution in [3.8, 4) is 16.9 Å². The van der Waals surface area contributed by atoms with E-state index in [0.29, 0.717) is 12.5 Å². The first-order valence-electron chi connectivity index (χ1n) is 12.5. The molecule has 36 heavy (non-hydrogen) atoms. The number of aromatic nitrogens is 1. The zero-order valence-electron chi connectivity index (χ0n) is 22.1. The second-order valence-corrected chi connectivity index (χ2v) is 11.1. The van der Waals surface area contributed by atoms with E-state index in [1.165, 1.54) is 0 Å². The summed E-state index contributed by atoms with van der Waals surface area (Å²) in [5, 5.41) is 6.32. The average Bonchev–Trinajstić information content (AvgIpc) is 2.80. The van der Waals surface area contributed by atoms with E-state index in [0.717, 1.165) is 45.0 Å². The quantitative estimate of drug-likeness (QED) is 0.291. The number of nitrogens with one attached hydrogen (secondary N) is 1. The number of hydrogen-bond donors (Lipinski definition) is 1. The molecule has 188 valence electrons. The van der Waals surface area contributed by atoms with Crippen LogP contribution in [0.15, 0.2) is 72.9 Å². The van der Waals surface area contributed by atoms with Crippen LogP contribution in [0.3, 0.4) is 0 Å². The first-order valence-corrected chi connectivity index (χ1v) is 12.5. The summed E-state index contributed by atoms with van der Waals surface area (Å²) in [6.07, 6.45) is 2.18. The summed E-state index contributed by atoms with van der Waals surface area (Å²) in [6.45, 7) is 12.2. The Morgan fingerprint density at radius 3 is 2.19 bits per heavy atom. The molecule has 3 aromatic carbocycles. The number of alkyl carbamates (subject to hydrolysis) is 1. The van der Waals surface area contributed by atoms with Crippen LogP contribution in [0.25, 0.3) is 32.8 Å². The van der Waals surface area contributed by atoms with Crippen LogP contribution in [-0.2, 0) is 4.74 Å². The fourth-order valence-electron chi connectivity index (χ4n) is 4.80. The number of benzene rings is 3. The van der Waals surface area contributed by atoms with Crippen molar-refractivity contribution in [1.29, 1.82) is 0 Å². The van der Waals surface area contributed by atoms with Crippen LogP contribution in [-0.4, -0.2) is 28.8 Å². The molecule has 0 aliphatic rings. The zero-order valence-corrected chi connectivity index (χ0v) is 22.1. The van der Waals surface area contributed by atoms with Gasteiger partial charge >= 0.3 is 6.09 Å². The molecule has 1 aromatic heterocycles. The molecule has 0 aliphatic carbocycles. The van der Waals surface area contributed by atoms with Crippen molar-refractivity contribution in [3.63, 3.8) is 0 Å². The SMILES string of the molecule is CC(C)CC(C)(COc1ccc(-c2ccnc3ccccc23)c2ccccc12)NC(=O)OC(C)(C)C. The molecule has 0 saturated heterocycles. The number of rotatable bonds is 7. The minimum Gasteiger partial charge on any atom is -0.491 e. The van der Waals surface area contributed by atoms with E-state index in [4.69, 9.17) is 9.47 Å². The Labute approximate surface area is 213 Å². The number of ether oxygens (including phenoxy) is 2. The lowest BCUT2D eigenvalue weighted by molar-refractivity contribution is 0.0408. The maximum absolute atomic E-state index is 12.6. The highest BCUT2D eigenvalue weighted by atomic mass is 16.6. The molecule has 1 heterocycles. The Kier molecular flexibility index (Phi) is 7.21. The van der Waals surface area contributed by atoms with Gasteiger partial charge in [-0.15, -0.1) is 0 Å². The minimum atomic E-state index is -0.586. The lowest BCUT2D eigenvalue weighted by Gasteiger charge is -2.33. The van der Waals surface area contributed by atoms with Crippen LogP contribution in [0.4, 0.5) is 4.79 Å². The fraction of sp³-hybridized carbons (Fsp3) is 0.355. The number of hydrogen-bond acceptors (Lipinski definition) is 4. The van der Waals surface area contributed by atoms with Gasteiger partial charge in [0.25, 0.3) is 0 Å². The normalized spacial score (nSPS) is 13.5. The van der Waals surface area contributed by atoms with Crippen molar-refractivity contribution in [1.82, 2.24) is 10.3 Å². The molecule has 1 amide bonds. The smallest absolute Gasteiger partial charge is 0.408 e. The van der Waals surface area contributed by atoms with E-state index >= 15 is 0 Å². The van der Waals surface area contributed by atoms with Gasteiger partial charge in [-0.25, -0.2) is 4.79 Å². The van der Waals surface area contributed by atoms with Crippen molar-refractivity contribution in [3.05, 3.63) is 72.9 Å². The highest BCUT2D eigenvalue weighted by molar-refractivity contribution is 6.06. The van der Waals surface area contributed by atoms with Gasteiger partial charge < -0.3 is 14.8 Å². The Morgan fingerprint density at radius 1 is 0.861 bits per heavy atom. The average molecular weight is 485 g/mol. The van der Waals surface area contributed by atoms with E-state index in [9.17, 15) is 4.79 Å². The number of para-hydroxylation sites is 1. The lowest BCUT2D eigenvalue weighted by Crippen LogP contribution is -2.52. The number of carbonyl (C=O) groups is 1. The number of nitrogens with zero attached hydrogens (tertiary/aromatic N) is 1. The first kappa shape index (κ1) is 25.5. The molecule has 1 unspecified atom stereocenters. The molecule has 0 fully saturated rings. The number of carbonyl (C=O) groups excluding carboxylic acids is 1. The van der Waals surface area contributed by atoms with Gasteiger partial charge in [0.15, 0.2) is 0 Å². The van der Waals surface area contributed by atoms with E-state index in [-0.39, 0.29) is 0 Å². The van der Waals surface area contributed by atoms with E-state index in [2.05, 4.69) is 54.5 Å². The Balaban J connectivity index is 1.66. The molecule has 0 saturated carbocycles. The molecule has 5 nitrogen and oxygen atoms in total. The van der Waals surface area contributed by atoms with Gasteiger partial charge in [-0.3, -0.25) is 4.98 Å². The third kappa shape index (κ3) is 5.96. The van der Waals surface area contributed by atoms with Crippen LogP contribution in [0.2, 0.25) is 0 Å². The standard InChI is InChI=1S/C31H36N2O3/c1-21(2)19-31(6,33-29(34)36-30(3,4)5)20-35-28-16-15-23(22-11-7-8-13-26(22)28)24-17-18-32-27-14-10-9-12-25(24)27/h7-18,21H,19-20H2,1-6H3,(H,33,34). The van der Waals surface area contributed by atoms with Crippen molar-refractivity contribution < 1.29 is 14.3 Å². The van der Waals surface area contributed by atoms with Crippen molar-refractivity contribution in [2.24, 2.45) is 5.92 Å². The highest BCUT2D eigenvalue weighted by Crippen LogP contribution is 2.37. The molecule has 0 aliphatic heterocycles. The van der Waals surface area contributed by atoms with Crippen molar-refractivity contribution in [2.45, 2.75) is 59.1 Å². The molecule has 0 radical (unpaired) electrons. The lowest BCUT2D eigenvalue weighted by atomic mass is 9.91. The van der Waals surface area contributed by atoms with Gasteiger partial charge in [0.1, 0.15) is 18.0 Å². The van der Waals surface area contributed by atoms with Gasteiger partial charge in [0, 0.05) is 17.0 Å². The van der Waals surface area contributed by atoms with Crippen molar-refractivity contribution >= 4 is 27.8 Å². The van der Waals surface area contributed by atoms with Crippen LogP contribution in [0.1, 0.15) is 48.0 Å². The number of pyridine rings is 1. The fourth-order valence-corrected chi connectivity index (χ4v) is 4.80. The summed E-state index contributed by atoms with van der Waals surface area (Å²) in [7, 11) is 0. The van der Waals surface area contributed by atoms with Crippen LogP contribution >= 0.6 is 0 Å². The third-order valence-electron chi connectivity index (χ3n) is 6.03. The molecule has 1 N–H and O–H groups in total. The molecule has 4 rings (SSSR count). The topological polar surface area (TPSA) is 60.5 Å². The van der Waals surface area contributed by atoms with Crippen LogP contribution in [0.5, 0.6) is 5.75 Å². The number of amides is 1. The van der Waals surface area contributed by atoms with Gasteiger partial charge in [-0.05, 0) is 74.7 Å². The Hall–Kier alpha value is -3.60. The molecular formula is C31H36N2O3. The zero-order chi connectivity index (χ0) is 25.9. The summed E-state index contributed by atoms with van der Waals surface area (Å²) in [5.74, 6) is 1.15. The van der Waals surface area contributed by atoms with E-state index in [1.807, 2.05) is 70.3 Å². The summed E-state index contributed by atoms with van der Waals surface area (Å²) in [5.41, 5.74) is 2.09. The monoisotopic (exact) mass is 484 g/mol. The second kappa shape index (κ2) is 10.2. The molecule has 5 heteroatoms. The van der Waals surface area contributed by atoms with E-state index < -0.39 is 17.2 Å². The summed E-state index contributed by atoms with van der Waals surface area (Å²) in [4.78, 5) is 17.1. The molecule has 0 bridgehead atoms. The molecule has 0 spiro atoms. The van der Waals surface area contributed by atoms with Crippen LogP contribution < -0.4 is 10.1 Å². The molecule has 1 atom stereocenters. The second-order valence-electron chi connectivity index (χ2n) is 11.1. The molecular weight excluding hydrogens is 448 g/mol. The Bertz CT molecular complexity index is 1370. The van der Waals surface area contributed by atoms with Gasteiger partial charge in [0.2, 0.25) is 0 Å². The van der Waals surface area contributed by atoms with Crippen LogP contribution in [0, 0.1) is 5.92 Å². The van der Waals surface area contributed by atoms with Crippen molar-refractivity contribution in [2.75, 3.05) is 6.61 Å². The third-order valence-corrected chi connectivity index (χ3v) is 6.03. The van der Waals surface area contributed by atoms with Gasteiger partial charge in [0.05, 0.1) is 11.1 Å². The predicted molar refractivity (Wildman–Crippen MR) is 147 cm³/mol. The maximum atomic E-state index is 12.6. The Morgan fingerprint density at radius 2 is 1.50 bits per heavy atom. The predicted octanol–water partition coefficient (Wildman–Crippen LogP) is 7.76. The summed E-state index contributed by atoms with van der Waals surface area (Å²) in [6, 6.07) is 22.7. The van der Waals surface area contributed by atoms with E-state index in [1.54, 1.807) is 0 Å². The minimum absolute atomic E-state index is 0.325. The van der Waals surface area contributed by atoms with Gasteiger partial charge in [-0.2, -0.15) is 0 Å². The largest absolute Gasteiger partial charge is 0.491 e. The maximum Gasteiger partial charge on any atom is 0.408 e. The highest BCUT2D eigenvalue weighted by Gasteiger charge is 2.31. The number of fused-ring (bicyclic) bond motifs is 2. The summed E-state index contributed by atoms with van der Waals surface area (Å²) < 4.78 is 11.9. The summed E-state index contributed by atoms with van der Waals surface area (Å²) >= 11 is 0. The first-order chi connectivity index (χ1) is 17.0. The van der Waals surface area contributed by atoms with Gasteiger partial charge in [-0.1, -0.05) is 62.4 Å².